The number of hydrogen-bond acceptors (Lipinski definition) is 2. The molecule has 0 amide bonds. The quantitative estimate of drug-likeness (QED) is 0.191. The van der Waals surface area contributed by atoms with Crippen LogP contribution >= 0.6 is 0 Å². The first-order chi connectivity index (χ1) is 19.7. The van der Waals surface area contributed by atoms with E-state index in [1.807, 2.05) is 26.0 Å². The summed E-state index contributed by atoms with van der Waals surface area (Å²) in [6.45, 7) is 19.6. The molecule has 0 spiro atoms. The summed E-state index contributed by atoms with van der Waals surface area (Å²) >= 11 is 0. The molecule has 8 aromatic rings. The van der Waals surface area contributed by atoms with Crippen molar-refractivity contribution in [3.8, 4) is 5.69 Å². The van der Waals surface area contributed by atoms with Gasteiger partial charge < -0.3 is 0 Å². The third-order valence-electron chi connectivity index (χ3n) is 10.0. The van der Waals surface area contributed by atoms with Crippen LogP contribution in [0.2, 0.25) is 0 Å². The van der Waals surface area contributed by atoms with E-state index in [9.17, 15) is 9.59 Å². The van der Waals surface area contributed by atoms with Gasteiger partial charge in [-0.2, -0.15) is 0 Å². The van der Waals surface area contributed by atoms with Crippen LogP contribution in [0.5, 0.6) is 0 Å². The maximum atomic E-state index is 14.6. The lowest BCUT2D eigenvalue weighted by atomic mass is 9.80. The summed E-state index contributed by atoms with van der Waals surface area (Å²) in [7, 11) is 0. The Balaban J connectivity index is 1.74. The first-order valence-corrected chi connectivity index (χ1v) is 15.0. The van der Waals surface area contributed by atoms with E-state index in [2.05, 4.69) is 84.9 Å². The molecular weight excluding hydrogens is 514 g/mol. The largest absolute Gasteiger partial charge is 0.268 e. The van der Waals surface area contributed by atoms with Crippen molar-refractivity contribution in [2.75, 3.05) is 0 Å². The van der Waals surface area contributed by atoms with Crippen molar-refractivity contribution in [2.24, 2.45) is 0 Å². The zero-order chi connectivity index (χ0) is 29.8. The predicted molar refractivity (Wildman–Crippen MR) is 180 cm³/mol. The van der Waals surface area contributed by atoms with E-state index in [0.717, 1.165) is 32.7 Å². The Morgan fingerprint density at radius 3 is 1.31 bits per heavy atom. The fourth-order valence-electron chi connectivity index (χ4n) is 7.80. The zero-order valence-corrected chi connectivity index (χ0v) is 25.9. The summed E-state index contributed by atoms with van der Waals surface area (Å²) in [6, 6.07) is 17.4. The highest BCUT2D eigenvalue weighted by molar-refractivity contribution is 6.48. The minimum atomic E-state index is -0.223. The van der Waals surface area contributed by atoms with Crippen LogP contribution < -0.4 is 11.1 Å². The normalized spacial score (nSPS) is 13.5. The van der Waals surface area contributed by atoms with Gasteiger partial charge in [-0.1, -0.05) is 65.8 Å². The molecule has 0 N–H and O–H groups in total. The fourth-order valence-corrected chi connectivity index (χ4v) is 7.80. The van der Waals surface area contributed by atoms with Gasteiger partial charge in [-0.25, -0.2) is 4.57 Å². The van der Waals surface area contributed by atoms with Crippen molar-refractivity contribution in [3.05, 3.63) is 97.1 Å². The number of hydrogen-bond donors (Lipinski definition) is 0. The fraction of sp³-hybridized carbons (Fsp3) is 0.282. The lowest BCUT2D eigenvalue weighted by Gasteiger charge is -2.23. The molecule has 1 aromatic heterocycles. The highest BCUT2D eigenvalue weighted by atomic mass is 16.2. The average molecular weight is 550 g/mol. The second-order valence-electron chi connectivity index (χ2n) is 14.7. The van der Waals surface area contributed by atoms with E-state index < -0.39 is 0 Å². The van der Waals surface area contributed by atoms with E-state index in [1.54, 1.807) is 0 Å². The lowest BCUT2D eigenvalue weighted by Crippen LogP contribution is -2.23. The second-order valence-corrected chi connectivity index (χ2v) is 14.7. The molecule has 1 heterocycles. The van der Waals surface area contributed by atoms with E-state index in [4.69, 9.17) is 0 Å². The van der Waals surface area contributed by atoms with Crippen molar-refractivity contribution < 1.29 is 0 Å². The van der Waals surface area contributed by atoms with Gasteiger partial charge in [0.15, 0.2) is 0 Å². The molecule has 0 atom stereocenters. The van der Waals surface area contributed by atoms with Crippen molar-refractivity contribution in [1.29, 1.82) is 0 Å². The van der Waals surface area contributed by atoms with Gasteiger partial charge in [0.1, 0.15) is 0 Å². The topological polar surface area (TPSA) is 39.1 Å². The predicted octanol–water partition coefficient (Wildman–Crippen LogP) is 9.39. The minimum absolute atomic E-state index is 0.153. The molecule has 0 bridgehead atoms. The first kappa shape index (κ1) is 25.5. The van der Waals surface area contributed by atoms with Crippen LogP contribution in [-0.2, 0) is 10.8 Å². The monoisotopic (exact) mass is 549 g/mol. The Labute approximate surface area is 244 Å². The molecule has 0 aliphatic carbocycles. The van der Waals surface area contributed by atoms with Gasteiger partial charge in [-0.15, -0.1) is 0 Å². The van der Waals surface area contributed by atoms with Crippen LogP contribution in [0.4, 0.5) is 0 Å². The van der Waals surface area contributed by atoms with E-state index in [-0.39, 0.29) is 21.9 Å². The first-order valence-electron chi connectivity index (χ1n) is 15.0. The molecule has 0 unspecified atom stereocenters. The van der Waals surface area contributed by atoms with Gasteiger partial charge in [0.2, 0.25) is 0 Å². The standard InChI is InChI=1S/C39H35NO2/c1-18-14-22(15-19(2)20(18)3)40-36(41)34-25-16-27(38(4,5)6)23-12-10-21-11-13-24-28(39(7,8)9)17-26(35(34)37(40)42)33-31(24)29(21)30(23)32(25)33/h10-17H,1-9H3. The van der Waals surface area contributed by atoms with Crippen molar-refractivity contribution >= 4 is 64.6 Å². The van der Waals surface area contributed by atoms with Crippen LogP contribution in [0.1, 0.15) is 69.4 Å². The lowest BCUT2D eigenvalue weighted by molar-refractivity contribution is 0.596. The van der Waals surface area contributed by atoms with Gasteiger partial charge in [0.25, 0.3) is 11.1 Å². The Morgan fingerprint density at radius 1 is 0.500 bits per heavy atom. The van der Waals surface area contributed by atoms with E-state index in [1.165, 1.54) is 53.6 Å². The molecule has 0 aliphatic heterocycles. The van der Waals surface area contributed by atoms with Crippen LogP contribution in [0, 0.1) is 20.8 Å². The molecule has 7 aromatic carbocycles. The number of aryl methyl sites for hydroxylation is 2. The molecule has 0 saturated heterocycles. The van der Waals surface area contributed by atoms with Crippen LogP contribution in [-0.4, -0.2) is 4.57 Å². The van der Waals surface area contributed by atoms with Crippen molar-refractivity contribution in [3.63, 3.8) is 0 Å². The molecule has 3 heteroatoms. The molecule has 8 rings (SSSR count). The molecule has 0 saturated carbocycles. The van der Waals surface area contributed by atoms with E-state index >= 15 is 0 Å². The SMILES string of the molecule is Cc1cc(-n2c(=O)c3c4cc(C(C)(C)C)c5ccc6ccc7c(C(C)(C)C)cc(c3c2=O)c2c7c6c5c42)cc(C)c1C. The van der Waals surface area contributed by atoms with Crippen molar-refractivity contribution in [2.45, 2.75) is 73.1 Å². The van der Waals surface area contributed by atoms with Crippen LogP contribution in [0.25, 0.3) is 70.3 Å². The zero-order valence-electron chi connectivity index (χ0n) is 25.9. The number of rotatable bonds is 1. The Bertz CT molecular complexity index is 2370. The van der Waals surface area contributed by atoms with E-state index in [0.29, 0.717) is 16.5 Å². The number of fused-ring (bicyclic) bond motifs is 3. The number of nitrogens with zero attached hydrogens (tertiary/aromatic N) is 1. The van der Waals surface area contributed by atoms with Gasteiger partial charge in [0.05, 0.1) is 16.5 Å². The third kappa shape index (κ3) is 2.91. The summed E-state index contributed by atoms with van der Waals surface area (Å²) in [6.07, 6.45) is 0. The minimum Gasteiger partial charge on any atom is -0.268 e. The summed E-state index contributed by atoms with van der Waals surface area (Å²) in [5, 5.41) is 12.6. The highest BCUT2D eigenvalue weighted by Gasteiger charge is 2.32. The van der Waals surface area contributed by atoms with Crippen LogP contribution in [0.3, 0.4) is 0 Å². The number of aromatic nitrogens is 1. The van der Waals surface area contributed by atoms with Gasteiger partial charge in [-0.3, -0.25) is 9.59 Å². The van der Waals surface area contributed by atoms with Gasteiger partial charge in [-0.05, 0) is 138 Å². The van der Waals surface area contributed by atoms with Gasteiger partial charge >= 0.3 is 0 Å². The molecule has 208 valence electrons. The molecular formula is C39H35NO2. The number of benzene rings is 6. The summed E-state index contributed by atoms with van der Waals surface area (Å²) in [5.41, 5.74) is 5.64. The molecule has 0 radical (unpaired) electrons. The third-order valence-corrected chi connectivity index (χ3v) is 10.0. The smallest absolute Gasteiger partial charge is 0.266 e. The summed E-state index contributed by atoms with van der Waals surface area (Å²) in [5.74, 6) is 0. The van der Waals surface area contributed by atoms with Crippen LogP contribution in [0.15, 0.2) is 58.1 Å². The maximum absolute atomic E-state index is 14.6. The Morgan fingerprint density at radius 2 is 0.905 bits per heavy atom. The molecule has 3 nitrogen and oxygen atoms in total. The molecule has 42 heavy (non-hydrogen) atoms. The maximum Gasteiger partial charge on any atom is 0.266 e. The summed E-state index contributed by atoms with van der Waals surface area (Å²) in [4.78, 5) is 29.2. The second kappa shape index (κ2) is 7.58. The average Bonchev–Trinajstić information content (AvgIpc) is 3.40. The van der Waals surface area contributed by atoms with Gasteiger partial charge in [0, 0.05) is 0 Å². The molecule has 0 aliphatic rings. The van der Waals surface area contributed by atoms with Crippen molar-refractivity contribution in [1.82, 2.24) is 4.57 Å². The Hall–Kier alpha value is -4.24. The summed E-state index contributed by atoms with van der Waals surface area (Å²) < 4.78 is 1.43. The Kier molecular flexibility index (Phi) is 4.60. The molecule has 0 fully saturated rings. The highest BCUT2D eigenvalue weighted by Crippen LogP contribution is 2.53.